The summed E-state index contributed by atoms with van der Waals surface area (Å²) in [6, 6.07) is 0. The van der Waals surface area contributed by atoms with Gasteiger partial charge in [-0.2, -0.15) is 0 Å². The number of Topliss-reactive ketones (excluding diaryl/α,β-unsaturated/α-hetero) is 1. The third-order valence-corrected chi connectivity index (χ3v) is 1.89. The van der Waals surface area contributed by atoms with Gasteiger partial charge in [-0.1, -0.05) is 13.8 Å². The van der Waals surface area contributed by atoms with Crippen LogP contribution in [0.5, 0.6) is 0 Å². The zero-order chi connectivity index (χ0) is 13.7. The smallest absolute Gasteiger partial charge is 0.0312 e. The summed E-state index contributed by atoms with van der Waals surface area (Å²) < 4.78 is 15.0. The van der Waals surface area contributed by atoms with Crippen LogP contribution in [0.1, 0.15) is 20.3 Å². The van der Waals surface area contributed by atoms with Gasteiger partial charge in [0.05, 0.1) is 5.92 Å². The van der Waals surface area contributed by atoms with Crippen LogP contribution in [-0.4, -0.2) is 5.78 Å². The Hall–Kier alpha value is -0.162. The first-order valence-electron chi connectivity index (χ1n) is 4.83. The van der Waals surface area contributed by atoms with Crippen LogP contribution in [0.2, 0.25) is 0 Å². The summed E-state index contributed by atoms with van der Waals surface area (Å²) in [7, 11) is 0. The van der Waals surface area contributed by atoms with Crippen molar-refractivity contribution in [3.63, 3.8) is 0 Å². The van der Waals surface area contributed by atoms with E-state index in [1.807, 2.05) is 52.4 Å². The Morgan fingerprint density at radius 2 is 1.33 bits per heavy atom. The van der Waals surface area contributed by atoms with Crippen LogP contribution in [0.15, 0.2) is 0 Å². The maximum absolute atomic E-state index is 10.6. The van der Waals surface area contributed by atoms with Gasteiger partial charge in [0.15, 0.2) is 0 Å². The standard InChI is InChI=1S/C7H9O.C5H5.2CO.Mo/c1-5(2)6-3-4-7(6)8;1-2-4-5-3-1;2*1-2;/h3H,4H2,1-2H3;1-5H;;;/q;;;;+2. The molecule has 92 valence electrons. The molecule has 0 aromatic carbocycles. The van der Waals surface area contributed by atoms with Crippen molar-refractivity contribution in [2.45, 2.75) is 20.3 Å². The number of hydrogen-bond acceptors (Lipinski definition) is 1. The van der Waals surface area contributed by atoms with Crippen molar-refractivity contribution < 1.29 is 35.2 Å². The molecule has 4 heteroatoms. The molecule has 0 aliphatic heterocycles. The Balaban J connectivity index is -0.000000196. The number of carbonyl (C=O) groups excluding carboxylic acids is 1. The van der Waals surface area contributed by atoms with E-state index in [9.17, 15) is 4.79 Å². The van der Waals surface area contributed by atoms with E-state index in [4.69, 9.17) is 9.30 Å². The van der Waals surface area contributed by atoms with Crippen LogP contribution >= 0.6 is 0 Å². The fraction of sp³-hybridized carbons (Fsp3) is 0.214. The quantitative estimate of drug-likeness (QED) is 0.414. The summed E-state index contributed by atoms with van der Waals surface area (Å²) in [5, 5.41) is 0. The summed E-state index contributed by atoms with van der Waals surface area (Å²) >= 11 is 0. The average Bonchev–Trinajstić information content (AvgIpc) is 2.90. The second kappa shape index (κ2) is 16.8. The minimum absolute atomic E-state index is 0. The number of rotatable bonds is 1. The molecule has 0 aromatic rings. The van der Waals surface area contributed by atoms with E-state index >= 15 is 0 Å². The molecule has 3 nitrogen and oxygen atoms in total. The Labute approximate surface area is 125 Å². The molecule has 2 fully saturated rings. The normalized spacial score (nSPS) is 16.5. The molecule has 2 saturated carbocycles. The van der Waals surface area contributed by atoms with Gasteiger partial charge in [0.25, 0.3) is 0 Å². The van der Waals surface area contributed by atoms with Gasteiger partial charge in [-0.25, -0.2) is 0 Å². The largest absolute Gasteiger partial charge is 2.00 e. The molecule has 2 aliphatic rings. The summed E-state index contributed by atoms with van der Waals surface area (Å²) in [5.41, 5.74) is 0. The first kappa shape index (κ1) is 23.0. The van der Waals surface area contributed by atoms with Gasteiger partial charge in [-0.05, 0) is 44.4 Å². The van der Waals surface area contributed by atoms with Gasteiger partial charge < -0.3 is 0 Å². The van der Waals surface area contributed by atoms with Gasteiger partial charge in [0.2, 0.25) is 0 Å². The van der Waals surface area contributed by atoms with Crippen LogP contribution in [0.3, 0.4) is 0 Å². The zero-order valence-electron chi connectivity index (χ0n) is 10.3. The minimum Gasteiger partial charge on any atom is -0.0312 e. The van der Waals surface area contributed by atoms with Crippen LogP contribution in [0.25, 0.3) is 0 Å². The van der Waals surface area contributed by atoms with Crippen molar-refractivity contribution in [2.75, 3.05) is 0 Å². The minimum atomic E-state index is 0. The zero-order valence-corrected chi connectivity index (χ0v) is 12.3. The first-order valence-corrected chi connectivity index (χ1v) is 4.83. The maximum Gasteiger partial charge on any atom is 2.00 e. The third kappa shape index (κ3) is 11.0. The van der Waals surface area contributed by atoms with Gasteiger partial charge in [0, 0.05) is 6.42 Å². The molecule has 0 spiro atoms. The monoisotopic (exact) mass is 328 g/mol. The Morgan fingerprint density at radius 3 is 1.39 bits per heavy atom. The molecule has 0 unspecified atom stereocenters. The topological polar surface area (TPSA) is 56.9 Å². The van der Waals surface area contributed by atoms with Crippen molar-refractivity contribution in [2.24, 2.45) is 0 Å². The number of ketones is 1. The van der Waals surface area contributed by atoms with Crippen molar-refractivity contribution in [1.82, 2.24) is 0 Å². The second-order valence-corrected chi connectivity index (χ2v) is 3.21. The summed E-state index contributed by atoms with van der Waals surface area (Å²) in [4.78, 5) is 10.6. The van der Waals surface area contributed by atoms with Gasteiger partial charge in [0.1, 0.15) is 5.78 Å². The molecule has 18 heavy (non-hydrogen) atoms. The van der Waals surface area contributed by atoms with Crippen LogP contribution in [0, 0.1) is 63.7 Å². The van der Waals surface area contributed by atoms with Crippen LogP contribution in [-0.2, 0) is 35.2 Å². The Kier molecular flexibility index (Phi) is 21.5. The van der Waals surface area contributed by atoms with Crippen molar-refractivity contribution >= 4 is 5.78 Å². The second-order valence-electron chi connectivity index (χ2n) is 3.21. The Morgan fingerprint density at radius 1 is 1.00 bits per heavy atom. The van der Waals surface area contributed by atoms with E-state index in [1.165, 1.54) is 0 Å². The molecular formula is C14H14MoO3+2. The van der Waals surface area contributed by atoms with Gasteiger partial charge in [-0.15, -0.1) is 0 Å². The van der Waals surface area contributed by atoms with Crippen LogP contribution < -0.4 is 0 Å². The predicted octanol–water partition coefficient (Wildman–Crippen LogP) is 2.30. The van der Waals surface area contributed by atoms with Gasteiger partial charge >= 0.3 is 43.7 Å². The van der Waals surface area contributed by atoms with Gasteiger partial charge in [-0.3, -0.25) is 4.79 Å². The van der Waals surface area contributed by atoms with Crippen molar-refractivity contribution in [3.8, 4) is 0 Å². The summed E-state index contributed by atoms with van der Waals surface area (Å²) in [6.45, 7) is 12.9. The molecule has 2 rings (SSSR count). The first-order chi connectivity index (χ1) is 8.22. The molecule has 0 amide bonds. The van der Waals surface area contributed by atoms with E-state index in [-0.39, 0.29) is 21.1 Å². The molecule has 0 N–H and O–H groups in total. The van der Waals surface area contributed by atoms with E-state index in [0.717, 1.165) is 11.8 Å². The van der Waals surface area contributed by atoms with Crippen molar-refractivity contribution in [1.29, 1.82) is 0 Å². The maximum atomic E-state index is 10.6. The predicted molar refractivity (Wildman–Crippen MR) is 61.1 cm³/mol. The number of carbonyl (C=O) groups is 1. The molecule has 0 bridgehead atoms. The Bertz CT molecular complexity index is 216. The molecule has 0 saturated heterocycles. The molecule has 2 aliphatic carbocycles. The fourth-order valence-electron chi connectivity index (χ4n) is 1.09. The van der Waals surface area contributed by atoms with E-state index in [1.54, 1.807) is 0 Å². The average molecular weight is 326 g/mol. The van der Waals surface area contributed by atoms with Crippen molar-refractivity contribution in [3.05, 3.63) is 63.7 Å². The molecule has 0 heterocycles. The summed E-state index contributed by atoms with van der Waals surface area (Å²) in [6.07, 6.45) is 12.6. The molecular weight excluding hydrogens is 312 g/mol. The van der Waals surface area contributed by atoms with E-state index in [2.05, 4.69) is 13.3 Å². The SMILES string of the molecule is C[C](C)[C]1[CH]CC1=O.[C-]#[O+].[C-]#[O+].[CH]1[CH][CH][CH][CH]1.[Mo+2]. The number of hydrogen-bond donors (Lipinski definition) is 0. The fourth-order valence-corrected chi connectivity index (χ4v) is 1.09. The van der Waals surface area contributed by atoms with E-state index in [0.29, 0.717) is 12.2 Å². The molecule has 8 radical (unpaired) electrons. The molecule has 0 atom stereocenters. The van der Waals surface area contributed by atoms with E-state index < -0.39 is 0 Å². The summed E-state index contributed by atoms with van der Waals surface area (Å²) in [5.74, 6) is 2.37. The van der Waals surface area contributed by atoms with Crippen LogP contribution in [0.4, 0.5) is 0 Å². The third-order valence-electron chi connectivity index (χ3n) is 1.89. The molecule has 0 aromatic heterocycles.